The number of rotatable bonds is 6. The highest BCUT2D eigenvalue weighted by molar-refractivity contribution is 6.04. The second-order valence-electron chi connectivity index (χ2n) is 4.56. The Hall–Kier alpha value is -2.89. The molecule has 0 saturated heterocycles. The van der Waals surface area contributed by atoms with Crippen LogP contribution in [0.2, 0.25) is 0 Å². The highest BCUT2D eigenvalue weighted by atomic mass is 16.5. The molecule has 0 aliphatic rings. The monoisotopic (exact) mass is 314 g/mol. The summed E-state index contributed by atoms with van der Waals surface area (Å²) in [5.41, 5.74) is 0.806. The maximum atomic E-state index is 12.2. The lowest BCUT2D eigenvalue weighted by Crippen LogP contribution is -2.14. The Balaban J connectivity index is 2.07. The van der Waals surface area contributed by atoms with Gasteiger partial charge in [0.25, 0.3) is 5.91 Å². The lowest BCUT2D eigenvalue weighted by molar-refractivity contribution is 0.0526. The van der Waals surface area contributed by atoms with Crippen molar-refractivity contribution >= 4 is 17.7 Å². The standard InChI is InChI=1S/C17H18N2O4/c1-3-22-14-7-5-12(6-8-14)16(20)19-15-11-13(9-10-18-15)17(21)23-4-2/h5-11H,3-4H2,1-2H3,(H,18,19,20). The molecular formula is C17H18N2O4. The number of ether oxygens (including phenoxy) is 2. The molecule has 1 aromatic heterocycles. The van der Waals surface area contributed by atoms with Gasteiger partial charge in [-0.1, -0.05) is 0 Å². The van der Waals surface area contributed by atoms with Crippen molar-refractivity contribution in [2.75, 3.05) is 18.5 Å². The Labute approximate surface area is 134 Å². The van der Waals surface area contributed by atoms with Gasteiger partial charge in [0.1, 0.15) is 11.6 Å². The number of aromatic nitrogens is 1. The molecule has 2 aromatic rings. The first-order valence-corrected chi connectivity index (χ1v) is 7.31. The topological polar surface area (TPSA) is 77.5 Å². The minimum atomic E-state index is -0.452. The van der Waals surface area contributed by atoms with Crippen LogP contribution in [0, 0.1) is 0 Å². The van der Waals surface area contributed by atoms with E-state index in [0.29, 0.717) is 23.5 Å². The summed E-state index contributed by atoms with van der Waals surface area (Å²) < 4.78 is 10.2. The molecule has 120 valence electrons. The molecule has 2 rings (SSSR count). The Morgan fingerprint density at radius 2 is 1.78 bits per heavy atom. The first kappa shape index (κ1) is 16.5. The van der Waals surface area contributed by atoms with E-state index >= 15 is 0 Å². The number of nitrogens with one attached hydrogen (secondary N) is 1. The molecule has 1 amide bonds. The third kappa shape index (κ3) is 4.54. The van der Waals surface area contributed by atoms with Crippen molar-refractivity contribution in [2.24, 2.45) is 0 Å². The van der Waals surface area contributed by atoms with E-state index < -0.39 is 5.97 Å². The average molecular weight is 314 g/mol. The SMILES string of the molecule is CCOC(=O)c1ccnc(NC(=O)c2ccc(OCC)cc2)c1. The van der Waals surface area contributed by atoms with Crippen LogP contribution in [0.1, 0.15) is 34.6 Å². The first-order valence-electron chi connectivity index (χ1n) is 7.31. The minimum Gasteiger partial charge on any atom is -0.494 e. The number of amides is 1. The predicted octanol–water partition coefficient (Wildman–Crippen LogP) is 2.91. The maximum absolute atomic E-state index is 12.2. The molecule has 0 aliphatic carbocycles. The number of nitrogens with zero attached hydrogens (tertiary/aromatic N) is 1. The largest absolute Gasteiger partial charge is 0.494 e. The van der Waals surface area contributed by atoms with E-state index in [1.165, 1.54) is 18.3 Å². The number of benzene rings is 1. The quantitative estimate of drug-likeness (QED) is 0.830. The normalized spacial score (nSPS) is 10.0. The van der Waals surface area contributed by atoms with Gasteiger partial charge in [0.05, 0.1) is 18.8 Å². The number of carbonyl (C=O) groups excluding carboxylic acids is 2. The summed E-state index contributed by atoms with van der Waals surface area (Å²) in [5.74, 6) is 0.217. The van der Waals surface area contributed by atoms with Gasteiger partial charge in [-0.15, -0.1) is 0 Å². The number of pyridine rings is 1. The average Bonchev–Trinajstić information content (AvgIpc) is 2.56. The van der Waals surface area contributed by atoms with Crippen molar-refractivity contribution in [3.05, 3.63) is 53.7 Å². The summed E-state index contributed by atoms with van der Waals surface area (Å²) in [6, 6.07) is 9.78. The van der Waals surface area contributed by atoms with E-state index in [9.17, 15) is 9.59 Å². The van der Waals surface area contributed by atoms with Gasteiger partial charge >= 0.3 is 5.97 Å². The highest BCUT2D eigenvalue weighted by Crippen LogP contribution is 2.14. The zero-order valence-corrected chi connectivity index (χ0v) is 13.0. The van der Waals surface area contributed by atoms with Crippen molar-refractivity contribution in [1.82, 2.24) is 4.98 Å². The van der Waals surface area contributed by atoms with Crippen molar-refractivity contribution in [2.45, 2.75) is 13.8 Å². The maximum Gasteiger partial charge on any atom is 0.338 e. The fourth-order valence-electron chi connectivity index (χ4n) is 1.90. The first-order chi connectivity index (χ1) is 11.1. The zero-order chi connectivity index (χ0) is 16.7. The molecule has 6 nitrogen and oxygen atoms in total. The molecule has 0 unspecified atom stereocenters. The van der Waals surface area contributed by atoms with E-state index in [0.717, 1.165) is 0 Å². The van der Waals surface area contributed by atoms with Crippen LogP contribution in [0.3, 0.4) is 0 Å². The van der Waals surface area contributed by atoms with Crippen molar-refractivity contribution in [1.29, 1.82) is 0 Å². The molecule has 0 bridgehead atoms. The zero-order valence-electron chi connectivity index (χ0n) is 13.0. The number of anilines is 1. The van der Waals surface area contributed by atoms with Gasteiger partial charge in [-0.05, 0) is 50.2 Å². The molecule has 0 aliphatic heterocycles. The molecule has 1 aromatic carbocycles. The number of hydrogen-bond donors (Lipinski definition) is 1. The van der Waals surface area contributed by atoms with Gasteiger partial charge in [0, 0.05) is 11.8 Å². The Morgan fingerprint density at radius 3 is 2.43 bits per heavy atom. The summed E-state index contributed by atoms with van der Waals surface area (Å²) in [5, 5.41) is 2.65. The lowest BCUT2D eigenvalue weighted by atomic mass is 10.2. The van der Waals surface area contributed by atoms with Crippen LogP contribution in [0.15, 0.2) is 42.6 Å². The van der Waals surface area contributed by atoms with Gasteiger partial charge < -0.3 is 14.8 Å². The van der Waals surface area contributed by atoms with Crippen LogP contribution in [-0.4, -0.2) is 30.1 Å². The van der Waals surface area contributed by atoms with Crippen LogP contribution in [0.4, 0.5) is 5.82 Å². The van der Waals surface area contributed by atoms with Gasteiger partial charge in [-0.25, -0.2) is 9.78 Å². The fraction of sp³-hybridized carbons (Fsp3) is 0.235. The summed E-state index contributed by atoms with van der Waals surface area (Å²) in [6.45, 7) is 4.47. The number of esters is 1. The van der Waals surface area contributed by atoms with Gasteiger partial charge in [-0.2, -0.15) is 0 Å². The summed E-state index contributed by atoms with van der Waals surface area (Å²) >= 11 is 0. The van der Waals surface area contributed by atoms with Crippen LogP contribution >= 0.6 is 0 Å². The van der Waals surface area contributed by atoms with Crippen LogP contribution in [0.5, 0.6) is 5.75 Å². The third-order valence-electron chi connectivity index (χ3n) is 2.94. The van der Waals surface area contributed by atoms with E-state index in [2.05, 4.69) is 10.3 Å². The van der Waals surface area contributed by atoms with Gasteiger partial charge in [0.15, 0.2) is 0 Å². The molecular weight excluding hydrogens is 296 g/mol. The second-order valence-corrected chi connectivity index (χ2v) is 4.56. The molecule has 0 fully saturated rings. The van der Waals surface area contributed by atoms with Crippen LogP contribution in [-0.2, 0) is 4.74 Å². The summed E-state index contributed by atoms with van der Waals surface area (Å²) in [7, 11) is 0. The molecule has 0 spiro atoms. The smallest absolute Gasteiger partial charge is 0.338 e. The molecule has 0 saturated carbocycles. The van der Waals surface area contributed by atoms with Crippen LogP contribution in [0.25, 0.3) is 0 Å². The van der Waals surface area contributed by atoms with Crippen LogP contribution < -0.4 is 10.1 Å². The predicted molar refractivity (Wildman–Crippen MR) is 85.8 cm³/mol. The Bertz CT molecular complexity index is 683. The molecule has 6 heteroatoms. The molecule has 0 atom stereocenters. The van der Waals surface area contributed by atoms with Gasteiger partial charge in [-0.3, -0.25) is 4.79 Å². The molecule has 0 radical (unpaired) electrons. The lowest BCUT2D eigenvalue weighted by Gasteiger charge is -2.07. The van der Waals surface area contributed by atoms with E-state index in [1.54, 1.807) is 31.2 Å². The summed E-state index contributed by atoms with van der Waals surface area (Å²) in [6.07, 6.45) is 1.44. The Kier molecular flexibility index (Phi) is 5.68. The van der Waals surface area contributed by atoms with E-state index in [1.807, 2.05) is 6.92 Å². The fourth-order valence-corrected chi connectivity index (χ4v) is 1.90. The summed E-state index contributed by atoms with van der Waals surface area (Å²) in [4.78, 5) is 27.9. The Morgan fingerprint density at radius 1 is 1.04 bits per heavy atom. The van der Waals surface area contributed by atoms with Crippen molar-refractivity contribution in [3.63, 3.8) is 0 Å². The van der Waals surface area contributed by atoms with E-state index in [4.69, 9.17) is 9.47 Å². The number of hydrogen-bond acceptors (Lipinski definition) is 5. The number of carbonyl (C=O) groups is 2. The molecule has 1 heterocycles. The van der Waals surface area contributed by atoms with E-state index in [-0.39, 0.29) is 18.3 Å². The molecule has 1 N–H and O–H groups in total. The highest BCUT2D eigenvalue weighted by Gasteiger charge is 2.11. The minimum absolute atomic E-state index is 0.287. The second kappa shape index (κ2) is 7.93. The third-order valence-corrected chi connectivity index (χ3v) is 2.94. The van der Waals surface area contributed by atoms with Crippen molar-refractivity contribution in [3.8, 4) is 5.75 Å². The molecule has 23 heavy (non-hydrogen) atoms. The van der Waals surface area contributed by atoms with Gasteiger partial charge in [0.2, 0.25) is 0 Å². The van der Waals surface area contributed by atoms with Crippen molar-refractivity contribution < 1.29 is 19.1 Å².